The number of hydrogen-bond acceptors (Lipinski definition) is 4. The second-order valence-electron chi connectivity index (χ2n) is 7.46. The molecular weight excluding hydrogens is 382 g/mol. The fraction of sp³-hybridized carbons (Fsp3) is 0.450. The minimum absolute atomic E-state index is 0.317. The maximum absolute atomic E-state index is 12.9. The second kappa shape index (κ2) is 7.22. The van der Waals surface area contributed by atoms with E-state index in [0.717, 1.165) is 17.7 Å². The number of anilines is 1. The standard InChI is InChI=1S/C20H22ClN3O4/c1-10-18(11(2)24(23-10)9-12-5-3-4-6-13(12)21)22-19(25)16-14-7-8-15(28-14)17(16)20(26)27/h3-6,14-17H,7-9H2,1-2H3,(H,22,25)(H,26,27)/t14-,15+,16+,17-/m0/s1. The summed E-state index contributed by atoms with van der Waals surface area (Å²) in [5.74, 6) is -2.77. The van der Waals surface area contributed by atoms with Crippen LogP contribution in [0.5, 0.6) is 0 Å². The topological polar surface area (TPSA) is 93.5 Å². The van der Waals surface area contributed by atoms with Gasteiger partial charge in [0.2, 0.25) is 5.91 Å². The third kappa shape index (κ3) is 3.18. The smallest absolute Gasteiger partial charge is 0.310 e. The number of carboxylic acids is 1. The Kier molecular flexibility index (Phi) is 4.89. The van der Waals surface area contributed by atoms with Gasteiger partial charge >= 0.3 is 5.97 Å². The molecular formula is C20H22ClN3O4. The molecule has 2 aliphatic rings. The van der Waals surface area contributed by atoms with Crippen LogP contribution in [0.1, 0.15) is 29.8 Å². The zero-order chi connectivity index (χ0) is 20.0. The minimum atomic E-state index is -0.977. The monoisotopic (exact) mass is 403 g/mol. The van der Waals surface area contributed by atoms with Gasteiger partial charge in [0.1, 0.15) is 0 Å². The third-order valence-corrected chi connectivity index (χ3v) is 6.14. The van der Waals surface area contributed by atoms with E-state index in [1.54, 1.807) is 4.68 Å². The van der Waals surface area contributed by atoms with Crippen LogP contribution in [0.2, 0.25) is 5.02 Å². The molecule has 1 aromatic carbocycles. The lowest BCUT2D eigenvalue weighted by Gasteiger charge is -2.23. The summed E-state index contributed by atoms with van der Waals surface area (Å²) in [5.41, 5.74) is 3.01. The largest absolute Gasteiger partial charge is 0.481 e. The molecule has 2 bridgehead atoms. The molecule has 2 aromatic rings. The number of halogens is 1. The molecule has 0 spiro atoms. The number of rotatable bonds is 5. The van der Waals surface area contributed by atoms with E-state index in [9.17, 15) is 14.7 Å². The number of benzene rings is 1. The molecule has 2 saturated heterocycles. The van der Waals surface area contributed by atoms with Crippen molar-refractivity contribution in [2.24, 2.45) is 11.8 Å². The summed E-state index contributed by atoms with van der Waals surface area (Å²) in [6.45, 7) is 4.17. The Morgan fingerprint density at radius 1 is 1.25 bits per heavy atom. The number of aryl methyl sites for hydroxylation is 1. The molecule has 1 amide bonds. The summed E-state index contributed by atoms with van der Waals surface area (Å²) in [4.78, 5) is 24.6. The van der Waals surface area contributed by atoms with E-state index in [1.807, 2.05) is 38.1 Å². The lowest BCUT2D eigenvalue weighted by molar-refractivity contribution is -0.147. The predicted molar refractivity (Wildman–Crippen MR) is 103 cm³/mol. The number of carbonyl (C=O) groups is 2. The van der Waals surface area contributed by atoms with Crippen LogP contribution in [-0.2, 0) is 20.9 Å². The van der Waals surface area contributed by atoms with Crippen molar-refractivity contribution in [3.63, 3.8) is 0 Å². The van der Waals surface area contributed by atoms with Crippen LogP contribution >= 0.6 is 11.6 Å². The number of ether oxygens (including phenoxy) is 1. The molecule has 1 aromatic heterocycles. The molecule has 4 rings (SSSR count). The van der Waals surface area contributed by atoms with Crippen molar-refractivity contribution in [1.29, 1.82) is 0 Å². The Morgan fingerprint density at radius 3 is 2.61 bits per heavy atom. The average molecular weight is 404 g/mol. The van der Waals surface area contributed by atoms with Crippen molar-refractivity contribution in [2.75, 3.05) is 5.32 Å². The van der Waals surface area contributed by atoms with Crippen LogP contribution in [-0.4, -0.2) is 39.0 Å². The lowest BCUT2D eigenvalue weighted by Crippen LogP contribution is -2.41. The number of aromatic nitrogens is 2. The number of nitrogens with zero attached hydrogens (tertiary/aromatic N) is 2. The number of amides is 1. The first-order valence-electron chi connectivity index (χ1n) is 9.33. The Balaban J connectivity index is 1.55. The van der Waals surface area contributed by atoms with Crippen LogP contribution in [0.4, 0.5) is 5.69 Å². The molecule has 0 aliphatic carbocycles. The van der Waals surface area contributed by atoms with Crippen molar-refractivity contribution in [1.82, 2.24) is 9.78 Å². The Morgan fingerprint density at radius 2 is 1.93 bits per heavy atom. The molecule has 7 nitrogen and oxygen atoms in total. The fourth-order valence-corrected chi connectivity index (χ4v) is 4.55. The van der Waals surface area contributed by atoms with E-state index in [2.05, 4.69) is 10.4 Å². The minimum Gasteiger partial charge on any atom is -0.481 e. The first kappa shape index (κ1) is 19.0. The number of hydrogen-bond donors (Lipinski definition) is 2. The van der Waals surface area contributed by atoms with Crippen LogP contribution in [0.15, 0.2) is 24.3 Å². The zero-order valence-corrected chi connectivity index (χ0v) is 16.4. The second-order valence-corrected chi connectivity index (χ2v) is 7.87. The van der Waals surface area contributed by atoms with Crippen molar-refractivity contribution in [3.8, 4) is 0 Å². The molecule has 4 atom stereocenters. The average Bonchev–Trinajstić information content (AvgIpc) is 3.33. The first-order chi connectivity index (χ1) is 13.4. The van der Waals surface area contributed by atoms with Crippen molar-refractivity contribution in [2.45, 2.75) is 45.4 Å². The van der Waals surface area contributed by atoms with Gasteiger partial charge in [0.25, 0.3) is 0 Å². The van der Waals surface area contributed by atoms with Gasteiger partial charge in [-0.25, -0.2) is 0 Å². The van der Waals surface area contributed by atoms with Crippen LogP contribution in [0.3, 0.4) is 0 Å². The molecule has 28 heavy (non-hydrogen) atoms. The van der Waals surface area contributed by atoms with Crippen LogP contribution in [0, 0.1) is 25.7 Å². The highest BCUT2D eigenvalue weighted by molar-refractivity contribution is 6.31. The van der Waals surface area contributed by atoms with E-state index in [0.29, 0.717) is 29.4 Å². The summed E-state index contributed by atoms with van der Waals surface area (Å²) >= 11 is 6.24. The summed E-state index contributed by atoms with van der Waals surface area (Å²) in [6, 6.07) is 7.54. The molecule has 0 saturated carbocycles. The Labute approximate surface area is 167 Å². The molecule has 2 fully saturated rings. The van der Waals surface area contributed by atoms with Gasteiger partial charge in [-0.05, 0) is 38.3 Å². The number of fused-ring (bicyclic) bond motifs is 2. The lowest BCUT2D eigenvalue weighted by atomic mass is 9.78. The highest BCUT2D eigenvalue weighted by Gasteiger charge is 2.55. The zero-order valence-electron chi connectivity index (χ0n) is 15.7. The Hall–Kier alpha value is -2.38. The van der Waals surface area contributed by atoms with Crippen molar-refractivity contribution in [3.05, 3.63) is 46.2 Å². The van der Waals surface area contributed by atoms with Gasteiger partial charge in [0.05, 0.1) is 47.7 Å². The van der Waals surface area contributed by atoms with E-state index >= 15 is 0 Å². The number of nitrogens with one attached hydrogen (secondary N) is 1. The maximum Gasteiger partial charge on any atom is 0.310 e. The summed E-state index contributed by atoms with van der Waals surface area (Å²) < 4.78 is 7.49. The quantitative estimate of drug-likeness (QED) is 0.800. The SMILES string of the molecule is Cc1nn(Cc2ccccc2Cl)c(C)c1NC(=O)[C@H]1[C@@H](C(=O)O)[C@H]2CC[C@@H]1O2. The normalized spacial score (nSPS) is 25.8. The number of aliphatic carboxylic acids is 1. The summed E-state index contributed by atoms with van der Waals surface area (Å²) in [7, 11) is 0. The Bertz CT molecular complexity index is 942. The number of carboxylic acid groups (broad SMARTS) is 1. The predicted octanol–water partition coefficient (Wildman–Crippen LogP) is 3.02. The highest BCUT2D eigenvalue weighted by Crippen LogP contribution is 2.44. The first-order valence-corrected chi connectivity index (χ1v) is 9.71. The van der Waals surface area contributed by atoms with Crippen LogP contribution in [0.25, 0.3) is 0 Å². The van der Waals surface area contributed by atoms with Crippen molar-refractivity contribution >= 4 is 29.2 Å². The van der Waals surface area contributed by atoms with Gasteiger partial charge in [-0.15, -0.1) is 0 Å². The molecule has 3 heterocycles. The maximum atomic E-state index is 12.9. The van der Waals surface area contributed by atoms with E-state index < -0.39 is 17.8 Å². The van der Waals surface area contributed by atoms with E-state index in [4.69, 9.17) is 16.3 Å². The molecule has 148 valence electrons. The fourth-order valence-electron chi connectivity index (χ4n) is 4.35. The number of carbonyl (C=O) groups excluding carboxylic acids is 1. The van der Waals surface area contributed by atoms with Gasteiger partial charge in [-0.2, -0.15) is 5.10 Å². The highest BCUT2D eigenvalue weighted by atomic mass is 35.5. The van der Waals surface area contributed by atoms with Crippen LogP contribution < -0.4 is 5.32 Å². The molecule has 2 N–H and O–H groups in total. The molecule has 2 aliphatic heterocycles. The summed E-state index contributed by atoms with van der Waals surface area (Å²) in [6.07, 6.45) is 0.712. The van der Waals surface area contributed by atoms with E-state index in [-0.39, 0.29) is 18.1 Å². The van der Waals surface area contributed by atoms with Gasteiger partial charge < -0.3 is 15.2 Å². The van der Waals surface area contributed by atoms with E-state index in [1.165, 1.54) is 0 Å². The van der Waals surface area contributed by atoms with Gasteiger partial charge in [0.15, 0.2) is 0 Å². The van der Waals surface area contributed by atoms with Gasteiger partial charge in [-0.3, -0.25) is 14.3 Å². The molecule has 8 heteroatoms. The third-order valence-electron chi connectivity index (χ3n) is 5.77. The summed E-state index contributed by atoms with van der Waals surface area (Å²) in [5, 5.41) is 17.6. The molecule has 0 unspecified atom stereocenters. The van der Waals surface area contributed by atoms with Gasteiger partial charge in [-0.1, -0.05) is 29.8 Å². The van der Waals surface area contributed by atoms with Gasteiger partial charge in [0, 0.05) is 5.02 Å². The molecule has 0 radical (unpaired) electrons. The van der Waals surface area contributed by atoms with Crippen molar-refractivity contribution < 1.29 is 19.4 Å².